The average Bonchev–Trinajstić information content (AvgIpc) is 2.48. The van der Waals surface area contributed by atoms with Crippen LogP contribution >= 0.6 is 0 Å². The molecule has 2 rings (SSSR count). The maximum absolute atomic E-state index is 3.80. The molecular formula is C17H34N2. The quantitative estimate of drug-likeness (QED) is 0.817. The zero-order valence-corrected chi connectivity index (χ0v) is 13.3. The zero-order valence-electron chi connectivity index (χ0n) is 13.3. The maximum Gasteiger partial charge on any atom is 0.0223 e. The van der Waals surface area contributed by atoms with E-state index in [0.717, 1.165) is 23.9 Å². The first-order chi connectivity index (χ1) is 9.20. The number of piperazine rings is 1. The first-order valence-corrected chi connectivity index (χ1v) is 8.68. The molecule has 0 spiro atoms. The van der Waals surface area contributed by atoms with Gasteiger partial charge in [0.1, 0.15) is 0 Å². The summed E-state index contributed by atoms with van der Waals surface area (Å²) in [6, 6.07) is 1.54. The Morgan fingerprint density at radius 1 is 1.16 bits per heavy atom. The van der Waals surface area contributed by atoms with Crippen molar-refractivity contribution in [1.29, 1.82) is 0 Å². The summed E-state index contributed by atoms with van der Waals surface area (Å²) in [6.07, 6.45) is 10.0. The molecule has 0 amide bonds. The molecule has 1 heterocycles. The van der Waals surface area contributed by atoms with Crippen molar-refractivity contribution in [3.05, 3.63) is 0 Å². The third-order valence-corrected chi connectivity index (χ3v) is 5.52. The van der Waals surface area contributed by atoms with Gasteiger partial charge in [0.05, 0.1) is 0 Å². The van der Waals surface area contributed by atoms with Crippen molar-refractivity contribution in [3.8, 4) is 0 Å². The lowest BCUT2D eigenvalue weighted by Crippen LogP contribution is -2.56. The molecule has 1 N–H and O–H groups in total. The van der Waals surface area contributed by atoms with E-state index < -0.39 is 0 Å². The van der Waals surface area contributed by atoms with Crippen molar-refractivity contribution in [1.82, 2.24) is 10.2 Å². The van der Waals surface area contributed by atoms with Gasteiger partial charge in [-0.2, -0.15) is 0 Å². The van der Waals surface area contributed by atoms with Crippen LogP contribution in [0.3, 0.4) is 0 Å². The Kier molecular flexibility index (Phi) is 6.15. The molecular weight excluding hydrogens is 232 g/mol. The van der Waals surface area contributed by atoms with Gasteiger partial charge in [-0.1, -0.05) is 39.5 Å². The van der Waals surface area contributed by atoms with Crippen molar-refractivity contribution in [2.24, 2.45) is 11.8 Å². The Morgan fingerprint density at radius 2 is 1.89 bits per heavy atom. The highest BCUT2D eigenvalue weighted by Crippen LogP contribution is 2.28. The van der Waals surface area contributed by atoms with Crippen molar-refractivity contribution >= 4 is 0 Å². The lowest BCUT2D eigenvalue weighted by atomic mass is 9.83. The Hall–Kier alpha value is -0.0800. The van der Waals surface area contributed by atoms with E-state index in [4.69, 9.17) is 0 Å². The van der Waals surface area contributed by atoms with Gasteiger partial charge in [0, 0.05) is 31.7 Å². The van der Waals surface area contributed by atoms with Crippen LogP contribution in [-0.4, -0.2) is 36.6 Å². The van der Waals surface area contributed by atoms with Gasteiger partial charge >= 0.3 is 0 Å². The van der Waals surface area contributed by atoms with Crippen LogP contribution in [0.2, 0.25) is 0 Å². The molecule has 1 aliphatic heterocycles. The van der Waals surface area contributed by atoms with Gasteiger partial charge in [0.2, 0.25) is 0 Å². The molecule has 2 heteroatoms. The van der Waals surface area contributed by atoms with Crippen molar-refractivity contribution < 1.29 is 0 Å². The van der Waals surface area contributed by atoms with Crippen LogP contribution in [-0.2, 0) is 0 Å². The molecule has 1 saturated carbocycles. The van der Waals surface area contributed by atoms with E-state index in [1.54, 1.807) is 0 Å². The summed E-state index contributed by atoms with van der Waals surface area (Å²) in [5, 5.41) is 3.80. The van der Waals surface area contributed by atoms with E-state index in [1.165, 1.54) is 64.6 Å². The van der Waals surface area contributed by atoms with Gasteiger partial charge in [-0.15, -0.1) is 0 Å². The summed E-state index contributed by atoms with van der Waals surface area (Å²) in [5.74, 6) is 1.82. The fourth-order valence-electron chi connectivity index (χ4n) is 3.95. The first kappa shape index (κ1) is 15.3. The third kappa shape index (κ3) is 4.46. The summed E-state index contributed by atoms with van der Waals surface area (Å²) in [4.78, 5) is 2.75. The number of rotatable bonds is 5. The van der Waals surface area contributed by atoms with Crippen LogP contribution in [0.1, 0.15) is 65.7 Å². The van der Waals surface area contributed by atoms with Crippen molar-refractivity contribution in [3.63, 3.8) is 0 Å². The highest BCUT2D eigenvalue weighted by molar-refractivity contribution is 4.87. The Bertz CT molecular complexity index is 248. The summed E-state index contributed by atoms with van der Waals surface area (Å²) in [7, 11) is 0. The number of hydrogen-bond donors (Lipinski definition) is 1. The average molecular weight is 266 g/mol. The second kappa shape index (κ2) is 7.64. The van der Waals surface area contributed by atoms with Gasteiger partial charge in [-0.05, 0) is 38.0 Å². The molecule has 3 atom stereocenters. The largest absolute Gasteiger partial charge is 0.311 e. The minimum absolute atomic E-state index is 0.767. The normalized spacial score (nSPS) is 30.2. The summed E-state index contributed by atoms with van der Waals surface area (Å²) >= 11 is 0. The van der Waals surface area contributed by atoms with E-state index >= 15 is 0 Å². The van der Waals surface area contributed by atoms with Crippen LogP contribution in [0.25, 0.3) is 0 Å². The van der Waals surface area contributed by atoms with Gasteiger partial charge in [0.15, 0.2) is 0 Å². The third-order valence-electron chi connectivity index (χ3n) is 5.52. The fraction of sp³-hybridized carbons (Fsp3) is 1.00. The van der Waals surface area contributed by atoms with Crippen molar-refractivity contribution in [2.75, 3.05) is 19.6 Å². The van der Waals surface area contributed by atoms with Gasteiger partial charge in [-0.3, -0.25) is 4.90 Å². The first-order valence-electron chi connectivity index (χ1n) is 8.68. The molecule has 0 aromatic carbocycles. The van der Waals surface area contributed by atoms with Crippen LogP contribution in [0.4, 0.5) is 0 Å². The van der Waals surface area contributed by atoms with Gasteiger partial charge in [-0.25, -0.2) is 0 Å². The molecule has 3 unspecified atom stereocenters. The SMILES string of the molecule is CCC(C)CC(C)N1CCNC(C2CCCCC2)C1. The predicted octanol–water partition coefficient (Wildman–Crippen LogP) is 3.67. The summed E-state index contributed by atoms with van der Waals surface area (Å²) in [6.45, 7) is 10.9. The van der Waals surface area contributed by atoms with Crippen LogP contribution in [0.15, 0.2) is 0 Å². The molecule has 0 radical (unpaired) electrons. The van der Waals surface area contributed by atoms with E-state index in [1.807, 2.05) is 0 Å². The number of hydrogen-bond acceptors (Lipinski definition) is 2. The lowest BCUT2D eigenvalue weighted by Gasteiger charge is -2.42. The Morgan fingerprint density at radius 3 is 2.58 bits per heavy atom. The topological polar surface area (TPSA) is 15.3 Å². The van der Waals surface area contributed by atoms with Crippen LogP contribution in [0, 0.1) is 11.8 Å². The molecule has 2 fully saturated rings. The Balaban J connectivity index is 1.82. The summed E-state index contributed by atoms with van der Waals surface area (Å²) < 4.78 is 0. The van der Waals surface area contributed by atoms with E-state index in [9.17, 15) is 0 Å². The smallest absolute Gasteiger partial charge is 0.0223 e. The van der Waals surface area contributed by atoms with Crippen molar-refractivity contribution in [2.45, 2.75) is 77.8 Å². The predicted molar refractivity (Wildman–Crippen MR) is 83.5 cm³/mol. The van der Waals surface area contributed by atoms with E-state index in [2.05, 4.69) is 31.0 Å². The second-order valence-corrected chi connectivity index (χ2v) is 7.05. The Labute approximate surface area is 120 Å². The lowest BCUT2D eigenvalue weighted by molar-refractivity contribution is 0.104. The zero-order chi connectivity index (χ0) is 13.7. The molecule has 0 bridgehead atoms. The molecule has 112 valence electrons. The van der Waals surface area contributed by atoms with Crippen LogP contribution < -0.4 is 5.32 Å². The molecule has 2 aliphatic rings. The van der Waals surface area contributed by atoms with Gasteiger partial charge in [0.25, 0.3) is 0 Å². The van der Waals surface area contributed by atoms with Gasteiger partial charge < -0.3 is 5.32 Å². The number of nitrogens with zero attached hydrogens (tertiary/aromatic N) is 1. The monoisotopic (exact) mass is 266 g/mol. The highest BCUT2D eigenvalue weighted by Gasteiger charge is 2.29. The minimum atomic E-state index is 0.767. The fourth-order valence-corrected chi connectivity index (χ4v) is 3.95. The highest BCUT2D eigenvalue weighted by atomic mass is 15.2. The molecule has 1 aliphatic carbocycles. The standard InChI is InChI=1S/C17H34N2/c1-4-14(2)12-15(3)19-11-10-18-17(13-19)16-8-6-5-7-9-16/h14-18H,4-13H2,1-3H3. The maximum atomic E-state index is 3.80. The molecule has 19 heavy (non-hydrogen) atoms. The van der Waals surface area contributed by atoms with Crippen LogP contribution in [0.5, 0.6) is 0 Å². The molecule has 0 aromatic heterocycles. The van der Waals surface area contributed by atoms with E-state index in [0.29, 0.717) is 0 Å². The molecule has 2 nitrogen and oxygen atoms in total. The summed E-state index contributed by atoms with van der Waals surface area (Å²) in [5.41, 5.74) is 0. The molecule has 0 aromatic rings. The number of nitrogens with one attached hydrogen (secondary N) is 1. The second-order valence-electron chi connectivity index (χ2n) is 7.05. The molecule has 1 saturated heterocycles. The van der Waals surface area contributed by atoms with E-state index in [-0.39, 0.29) is 0 Å². The minimum Gasteiger partial charge on any atom is -0.311 e.